The van der Waals surface area contributed by atoms with Crippen molar-refractivity contribution in [2.45, 2.75) is 138 Å². The summed E-state index contributed by atoms with van der Waals surface area (Å²) in [5, 5.41) is 0. The lowest BCUT2D eigenvalue weighted by Gasteiger charge is -2.52. The Kier molecular flexibility index (Phi) is 12.6. The maximum absolute atomic E-state index is 2.76. The van der Waals surface area contributed by atoms with Crippen molar-refractivity contribution in [2.24, 2.45) is 35.5 Å². The highest BCUT2D eigenvalue weighted by Gasteiger charge is 2.45. The van der Waals surface area contributed by atoms with Crippen molar-refractivity contribution in [1.29, 1.82) is 0 Å². The molecule has 3 heteroatoms. The van der Waals surface area contributed by atoms with Crippen LogP contribution in [0.4, 0.5) is 0 Å². The third-order valence-electron chi connectivity index (χ3n) is 11.7. The molecule has 6 atom stereocenters. The molecule has 212 valence electrons. The Morgan fingerprint density at radius 1 is 0.472 bits per heavy atom. The van der Waals surface area contributed by atoms with E-state index in [-0.39, 0.29) is 0 Å². The predicted molar refractivity (Wildman–Crippen MR) is 159 cm³/mol. The second-order valence-electron chi connectivity index (χ2n) is 13.0. The van der Waals surface area contributed by atoms with Crippen LogP contribution in [0.2, 0.25) is 0 Å². The van der Waals surface area contributed by atoms with Crippen LogP contribution >= 0.6 is 0 Å². The second kappa shape index (κ2) is 14.9. The van der Waals surface area contributed by atoms with Gasteiger partial charge >= 0.3 is 0 Å². The fourth-order valence-corrected chi connectivity index (χ4v) is 9.68. The Hall–Kier alpha value is -0.120. The third-order valence-corrected chi connectivity index (χ3v) is 11.7. The number of nitrogens with zero attached hydrogens (tertiary/aromatic N) is 3. The number of rotatable bonds is 12. The van der Waals surface area contributed by atoms with Crippen molar-refractivity contribution in [3.8, 4) is 0 Å². The summed E-state index contributed by atoms with van der Waals surface area (Å²) >= 11 is 0. The van der Waals surface area contributed by atoms with Crippen LogP contribution in [0.3, 0.4) is 0 Å². The van der Waals surface area contributed by atoms with Gasteiger partial charge in [-0.25, -0.2) is 0 Å². The molecular formula is C33H65N3. The Morgan fingerprint density at radius 2 is 0.806 bits per heavy atom. The third kappa shape index (κ3) is 7.09. The summed E-state index contributed by atoms with van der Waals surface area (Å²) in [5.41, 5.74) is 0. The van der Waals surface area contributed by atoms with E-state index in [0.29, 0.717) is 0 Å². The van der Waals surface area contributed by atoms with Crippen LogP contribution in [0.25, 0.3) is 0 Å². The van der Waals surface area contributed by atoms with Crippen molar-refractivity contribution in [3.63, 3.8) is 0 Å². The lowest BCUT2D eigenvalue weighted by molar-refractivity contribution is -0.0215. The topological polar surface area (TPSA) is 9.72 Å². The maximum atomic E-state index is 2.76. The van der Waals surface area contributed by atoms with Gasteiger partial charge in [0.15, 0.2) is 0 Å². The fraction of sp³-hybridized carbons (Fsp3) is 1.00. The maximum Gasteiger partial charge on any atom is 0.00977 e. The smallest absolute Gasteiger partial charge is 0.00977 e. The molecule has 0 spiro atoms. The lowest BCUT2D eigenvalue weighted by Crippen LogP contribution is -2.48. The van der Waals surface area contributed by atoms with Crippen LogP contribution in [0, 0.1) is 35.5 Å². The first-order valence-corrected chi connectivity index (χ1v) is 16.6. The molecule has 0 heterocycles. The molecule has 3 nitrogen and oxygen atoms in total. The highest BCUT2D eigenvalue weighted by molar-refractivity contribution is 4.97. The average molecular weight is 504 g/mol. The van der Waals surface area contributed by atoms with Gasteiger partial charge in [-0.05, 0) is 139 Å². The molecule has 3 saturated carbocycles. The minimum absolute atomic E-state index is 0.834. The van der Waals surface area contributed by atoms with Gasteiger partial charge in [0, 0.05) is 18.1 Å². The lowest BCUT2D eigenvalue weighted by atomic mass is 9.56. The first kappa shape index (κ1) is 30.4. The highest BCUT2D eigenvalue weighted by atomic mass is 15.2. The summed E-state index contributed by atoms with van der Waals surface area (Å²) in [4.78, 5) is 8.27. The molecule has 0 aromatic heterocycles. The minimum Gasteiger partial charge on any atom is -0.301 e. The van der Waals surface area contributed by atoms with E-state index in [4.69, 9.17) is 0 Å². The van der Waals surface area contributed by atoms with Crippen LogP contribution in [0.15, 0.2) is 0 Å². The van der Waals surface area contributed by atoms with Crippen molar-refractivity contribution in [3.05, 3.63) is 0 Å². The number of hydrogen-bond acceptors (Lipinski definition) is 3. The Balaban J connectivity index is 1.76. The summed E-state index contributed by atoms with van der Waals surface area (Å²) in [6.07, 6.45) is 14.7. The molecule has 3 rings (SSSR count). The molecule has 36 heavy (non-hydrogen) atoms. The van der Waals surface area contributed by atoms with Gasteiger partial charge in [-0.1, -0.05) is 55.4 Å². The quantitative estimate of drug-likeness (QED) is 0.269. The van der Waals surface area contributed by atoms with E-state index < -0.39 is 0 Å². The zero-order valence-electron chi connectivity index (χ0n) is 25.9. The van der Waals surface area contributed by atoms with Crippen LogP contribution in [-0.2, 0) is 0 Å². The standard InChI is InChI=1S/C33H65N3/c1-9-34(10-2)28-17-15-27(16-18-28)33(31-21-19-29(23-25(31)7)35(11-3)12-4)32-22-20-30(24-26(32)8)36(13-5)14-6/h25-33H,9-24H2,1-8H3. The molecule has 0 amide bonds. The molecule has 6 unspecified atom stereocenters. The summed E-state index contributed by atoms with van der Waals surface area (Å²) in [7, 11) is 0. The van der Waals surface area contributed by atoms with Gasteiger partial charge in [0.25, 0.3) is 0 Å². The Labute approximate surface area is 227 Å². The number of hydrogen-bond donors (Lipinski definition) is 0. The van der Waals surface area contributed by atoms with Gasteiger partial charge in [0.1, 0.15) is 0 Å². The molecule has 0 aromatic carbocycles. The van der Waals surface area contributed by atoms with E-state index in [9.17, 15) is 0 Å². The molecule has 3 aliphatic carbocycles. The minimum atomic E-state index is 0.834. The van der Waals surface area contributed by atoms with Gasteiger partial charge in [-0.3, -0.25) is 0 Å². The molecule has 0 radical (unpaired) electrons. The van der Waals surface area contributed by atoms with Gasteiger partial charge in [0.05, 0.1) is 0 Å². The van der Waals surface area contributed by atoms with Crippen molar-refractivity contribution < 1.29 is 0 Å². The van der Waals surface area contributed by atoms with Crippen LogP contribution < -0.4 is 0 Å². The van der Waals surface area contributed by atoms with E-state index in [1.54, 1.807) is 0 Å². The summed E-state index contributed by atoms with van der Waals surface area (Å²) in [6, 6.07) is 2.52. The summed E-state index contributed by atoms with van der Waals surface area (Å²) in [6.45, 7) is 26.9. The summed E-state index contributed by atoms with van der Waals surface area (Å²) < 4.78 is 0. The molecule has 3 aliphatic rings. The largest absolute Gasteiger partial charge is 0.301 e. The Morgan fingerprint density at radius 3 is 1.14 bits per heavy atom. The zero-order valence-corrected chi connectivity index (χ0v) is 25.9. The van der Waals surface area contributed by atoms with Crippen LogP contribution in [0.5, 0.6) is 0 Å². The summed E-state index contributed by atoms with van der Waals surface area (Å²) in [5.74, 6) is 5.66. The molecule has 0 aromatic rings. The molecule has 0 aliphatic heterocycles. The average Bonchev–Trinajstić information content (AvgIpc) is 2.89. The van der Waals surface area contributed by atoms with Crippen LogP contribution in [-0.4, -0.2) is 72.1 Å². The first-order valence-electron chi connectivity index (χ1n) is 16.6. The first-order chi connectivity index (χ1) is 17.4. The SMILES string of the molecule is CCN(CC)C1CCC(C(C2CCC(N(CC)CC)CC2C)C2CCC(N(CC)CC)CC2C)CC1. The van der Waals surface area contributed by atoms with Gasteiger partial charge in [-0.15, -0.1) is 0 Å². The molecule has 0 bridgehead atoms. The van der Waals surface area contributed by atoms with Crippen molar-refractivity contribution >= 4 is 0 Å². The molecule has 3 fully saturated rings. The Bertz CT molecular complexity index is 552. The van der Waals surface area contributed by atoms with Gasteiger partial charge in [0.2, 0.25) is 0 Å². The fourth-order valence-electron chi connectivity index (χ4n) is 9.68. The van der Waals surface area contributed by atoms with E-state index in [1.807, 2.05) is 0 Å². The van der Waals surface area contributed by atoms with Gasteiger partial charge in [-0.2, -0.15) is 0 Å². The predicted octanol–water partition coefficient (Wildman–Crippen LogP) is 7.80. The molecule has 0 N–H and O–H groups in total. The van der Waals surface area contributed by atoms with Gasteiger partial charge < -0.3 is 14.7 Å². The second-order valence-corrected chi connectivity index (χ2v) is 13.0. The molecular weight excluding hydrogens is 438 g/mol. The molecule has 0 saturated heterocycles. The van der Waals surface area contributed by atoms with Crippen molar-refractivity contribution in [1.82, 2.24) is 14.7 Å². The van der Waals surface area contributed by atoms with Crippen LogP contribution in [0.1, 0.15) is 120 Å². The van der Waals surface area contributed by atoms with E-state index in [0.717, 1.165) is 53.6 Å². The van der Waals surface area contributed by atoms with Crippen molar-refractivity contribution in [2.75, 3.05) is 39.3 Å². The van der Waals surface area contributed by atoms with E-state index in [1.165, 1.54) is 103 Å². The van der Waals surface area contributed by atoms with E-state index >= 15 is 0 Å². The zero-order chi connectivity index (χ0) is 26.2. The normalized spacial score (nSPS) is 37.1. The highest BCUT2D eigenvalue weighted by Crippen LogP contribution is 2.51. The van der Waals surface area contributed by atoms with E-state index in [2.05, 4.69) is 70.1 Å². The monoisotopic (exact) mass is 504 g/mol.